The average molecular weight is 284 g/mol. The molecule has 2 aromatic rings. The summed E-state index contributed by atoms with van der Waals surface area (Å²) < 4.78 is 11.3. The Morgan fingerprint density at radius 1 is 1.24 bits per heavy atom. The van der Waals surface area contributed by atoms with Crippen molar-refractivity contribution < 1.29 is 14.3 Å². The van der Waals surface area contributed by atoms with Gasteiger partial charge in [0.2, 0.25) is 0 Å². The van der Waals surface area contributed by atoms with Crippen LogP contribution in [0.15, 0.2) is 58.2 Å². The molecule has 0 bridgehead atoms. The van der Waals surface area contributed by atoms with Crippen molar-refractivity contribution in [2.24, 2.45) is 0 Å². The molecule has 1 heterocycles. The molecule has 0 unspecified atom stereocenters. The van der Waals surface area contributed by atoms with Crippen molar-refractivity contribution in [2.75, 3.05) is 13.2 Å². The topological polar surface area (TPSA) is 42.6 Å². The van der Waals surface area contributed by atoms with Crippen LogP contribution in [0.1, 0.15) is 25.7 Å². The van der Waals surface area contributed by atoms with Crippen molar-refractivity contribution >= 4 is 11.0 Å². The molecule has 0 fully saturated rings. The number of aliphatic hydroxyl groups excluding tert-OH is 1. The number of aliphatic hydroxyl groups is 1. The van der Waals surface area contributed by atoms with Gasteiger partial charge in [-0.15, -0.1) is 0 Å². The molecule has 21 heavy (non-hydrogen) atoms. The highest BCUT2D eigenvalue weighted by molar-refractivity contribution is 5.78. The first-order valence-electron chi connectivity index (χ1n) is 7.45. The Kier molecular flexibility index (Phi) is 4.41. The molecule has 0 saturated heterocycles. The molecule has 0 spiro atoms. The Morgan fingerprint density at radius 3 is 3.10 bits per heavy atom. The van der Waals surface area contributed by atoms with E-state index >= 15 is 0 Å². The number of rotatable bonds is 6. The van der Waals surface area contributed by atoms with Crippen LogP contribution in [0, 0.1) is 0 Å². The van der Waals surface area contributed by atoms with Crippen LogP contribution >= 0.6 is 0 Å². The number of ether oxygens (including phenoxy) is 1. The quantitative estimate of drug-likeness (QED) is 0.863. The van der Waals surface area contributed by atoms with E-state index in [4.69, 9.17) is 14.3 Å². The van der Waals surface area contributed by atoms with E-state index in [2.05, 4.69) is 12.2 Å². The lowest BCUT2D eigenvalue weighted by Crippen LogP contribution is -2.06. The van der Waals surface area contributed by atoms with Crippen LogP contribution in [0.4, 0.5) is 0 Å². The van der Waals surface area contributed by atoms with Crippen LogP contribution in [-0.4, -0.2) is 18.3 Å². The Hall–Kier alpha value is -2.00. The van der Waals surface area contributed by atoms with Crippen LogP contribution in [0.5, 0.6) is 5.75 Å². The zero-order valence-electron chi connectivity index (χ0n) is 12.0. The number of hydrogen-bond donors (Lipinski definition) is 1. The summed E-state index contributed by atoms with van der Waals surface area (Å²) in [5, 5.41) is 10.0. The van der Waals surface area contributed by atoms with E-state index in [0.717, 1.165) is 42.4 Å². The SMILES string of the molecule is OCCCC1=C(COc2ccc3occc3c2)CCC=C1. The highest BCUT2D eigenvalue weighted by Gasteiger charge is 2.09. The van der Waals surface area contributed by atoms with Crippen LogP contribution in [0.2, 0.25) is 0 Å². The second-order valence-corrected chi connectivity index (χ2v) is 5.31. The van der Waals surface area contributed by atoms with Gasteiger partial charge in [-0.25, -0.2) is 0 Å². The molecule has 1 aromatic heterocycles. The number of hydrogen-bond acceptors (Lipinski definition) is 3. The maximum atomic E-state index is 8.98. The fraction of sp³-hybridized carbons (Fsp3) is 0.333. The molecule has 110 valence electrons. The Bertz CT molecular complexity index is 664. The molecule has 3 rings (SSSR count). The summed E-state index contributed by atoms with van der Waals surface area (Å²) in [6, 6.07) is 7.83. The minimum Gasteiger partial charge on any atom is -0.489 e. The zero-order valence-corrected chi connectivity index (χ0v) is 12.0. The summed E-state index contributed by atoms with van der Waals surface area (Å²) in [5.41, 5.74) is 3.55. The molecule has 3 heteroatoms. The fourth-order valence-corrected chi connectivity index (χ4v) is 2.66. The molecule has 1 aliphatic rings. The molecule has 1 aliphatic carbocycles. The molecule has 0 aliphatic heterocycles. The zero-order chi connectivity index (χ0) is 14.5. The fourth-order valence-electron chi connectivity index (χ4n) is 2.66. The number of benzene rings is 1. The highest BCUT2D eigenvalue weighted by atomic mass is 16.5. The van der Waals surface area contributed by atoms with E-state index in [-0.39, 0.29) is 6.61 Å². The van der Waals surface area contributed by atoms with Crippen molar-refractivity contribution in [3.63, 3.8) is 0 Å². The highest BCUT2D eigenvalue weighted by Crippen LogP contribution is 2.25. The minimum absolute atomic E-state index is 0.239. The van der Waals surface area contributed by atoms with E-state index < -0.39 is 0 Å². The second kappa shape index (κ2) is 6.64. The monoisotopic (exact) mass is 284 g/mol. The Labute approximate surface area is 124 Å². The molecule has 0 atom stereocenters. The lowest BCUT2D eigenvalue weighted by molar-refractivity contribution is 0.288. The first-order chi connectivity index (χ1) is 10.4. The Morgan fingerprint density at radius 2 is 2.19 bits per heavy atom. The molecule has 0 amide bonds. The summed E-state index contributed by atoms with van der Waals surface area (Å²) in [6.45, 7) is 0.858. The van der Waals surface area contributed by atoms with Crippen molar-refractivity contribution in [3.8, 4) is 5.75 Å². The third-order valence-electron chi connectivity index (χ3n) is 3.83. The van der Waals surface area contributed by atoms with Crippen molar-refractivity contribution in [3.05, 3.63) is 53.8 Å². The van der Waals surface area contributed by atoms with Gasteiger partial charge in [0.25, 0.3) is 0 Å². The summed E-state index contributed by atoms with van der Waals surface area (Å²) in [4.78, 5) is 0. The van der Waals surface area contributed by atoms with E-state index in [1.165, 1.54) is 11.1 Å². The molecule has 3 nitrogen and oxygen atoms in total. The lowest BCUT2D eigenvalue weighted by Gasteiger charge is -2.17. The van der Waals surface area contributed by atoms with Gasteiger partial charge < -0.3 is 14.3 Å². The van der Waals surface area contributed by atoms with Gasteiger partial charge in [0.05, 0.1) is 6.26 Å². The average Bonchev–Trinajstić information content (AvgIpc) is 2.99. The van der Waals surface area contributed by atoms with Gasteiger partial charge in [0.1, 0.15) is 17.9 Å². The first-order valence-corrected chi connectivity index (χ1v) is 7.45. The van der Waals surface area contributed by atoms with Gasteiger partial charge in [-0.3, -0.25) is 0 Å². The van der Waals surface area contributed by atoms with Crippen LogP contribution in [0.3, 0.4) is 0 Å². The van der Waals surface area contributed by atoms with Gasteiger partial charge in [0.15, 0.2) is 0 Å². The summed E-state index contributed by atoms with van der Waals surface area (Å²) in [5.74, 6) is 0.868. The molecular weight excluding hydrogens is 264 g/mol. The first kappa shape index (κ1) is 14.0. The summed E-state index contributed by atoms with van der Waals surface area (Å²) in [7, 11) is 0. The lowest BCUT2D eigenvalue weighted by atomic mass is 9.95. The molecule has 0 saturated carbocycles. The van der Waals surface area contributed by atoms with Crippen molar-refractivity contribution in [2.45, 2.75) is 25.7 Å². The number of furan rings is 1. The predicted octanol–water partition coefficient (Wildman–Crippen LogP) is 4.23. The van der Waals surface area contributed by atoms with Gasteiger partial charge in [-0.05, 0) is 61.1 Å². The maximum Gasteiger partial charge on any atom is 0.134 e. The van der Waals surface area contributed by atoms with Gasteiger partial charge in [0, 0.05) is 12.0 Å². The molecule has 0 radical (unpaired) electrons. The van der Waals surface area contributed by atoms with Crippen LogP contribution in [-0.2, 0) is 0 Å². The predicted molar refractivity (Wildman–Crippen MR) is 83.4 cm³/mol. The van der Waals surface area contributed by atoms with Gasteiger partial charge in [-0.2, -0.15) is 0 Å². The largest absolute Gasteiger partial charge is 0.489 e. The summed E-state index contributed by atoms with van der Waals surface area (Å²) >= 11 is 0. The van der Waals surface area contributed by atoms with E-state index in [0.29, 0.717) is 6.61 Å². The number of fused-ring (bicyclic) bond motifs is 1. The molecule has 1 aromatic carbocycles. The van der Waals surface area contributed by atoms with E-state index in [9.17, 15) is 0 Å². The normalized spacial score (nSPS) is 14.9. The van der Waals surface area contributed by atoms with Gasteiger partial charge in [-0.1, -0.05) is 12.2 Å². The Balaban J connectivity index is 1.69. The van der Waals surface area contributed by atoms with Crippen molar-refractivity contribution in [1.82, 2.24) is 0 Å². The third kappa shape index (κ3) is 3.37. The van der Waals surface area contributed by atoms with Crippen LogP contribution < -0.4 is 4.74 Å². The van der Waals surface area contributed by atoms with Crippen LogP contribution in [0.25, 0.3) is 11.0 Å². The third-order valence-corrected chi connectivity index (χ3v) is 3.83. The van der Waals surface area contributed by atoms with E-state index in [1.807, 2.05) is 24.3 Å². The van der Waals surface area contributed by atoms with Crippen molar-refractivity contribution in [1.29, 1.82) is 0 Å². The standard InChI is InChI=1S/C18H20O3/c19-10-3-6-14-4-1-2-5-16(14)13-21-17-7-8-18-15(12-17)9-11-20-18/h1,4,7-9,11-12,19H,2-3,5-6,10,13H2. The molecular formula is C18H20O3. The maximum absolute atomic E-state index is 8.98. The second-order valence-electron chi connectivity index (χ2n) is 5.31. The summed E-state index contributed by atoms with van der Waals surface area (Å²) in [6.07, 6.45) is 9.92. The van der Waals surface area contributed by atoms with E-state index in [1.54, 1.807) is 6.26 Å². The number of allylic oxidation sites excluding steroid dienone is 3. The molecule has 1 N–H and O–H groups in total. The smallest absolute Gasteiger partial charge is 0.134 e. The minimum atomic E-state index is 0.239. The van der Waals surface area contributed by atoms with Gasteiger partial charge >= 0.3 is 0 Å².